The van der Waals surface area contributed by atoms with Crippen LogP contribution in [0.2, 0.25) is 0 Å². The van der Waals surface area contributed by atoms with Crippen molar-refractivity contribution in [2.24, 2.45) is 0 Å². The maximum Gasteiger partial charge on any atom is 1.00 e. The fourth-order valence-electron chi connectivity index (χ4n) is 3.04. The molecule has 0 aromatic heterocycles. The normalized spacial score (nSPS) is 10.7. The van der Waals surface area contributed by atoms with Crippen molar-refractivity contribution in [1.82, 2.24) is 0 Å². The Kier molecular flexibility index (Phi) is 8.81. The second-order valence-corrected chi connectivity index (χ2v) is 7.40. The first kappa shape index (κ1) is 23.2. The van der Waals surface area contributed by atoms with Gasteiger partial charge in [0.1, 0.15) is 0 Å². The molecule has 0 saturated carbocycles. The van der Waals surface area contributed by atoms with Crippen LogP contribution in [0.3, 0.4) is 0 Å². The Labute approximate surface area is 215 Å². The van der Waals surface area contributed by atoms with E-state index in [1.165, 1.54) is 11.1 Å². The molecular weight excluding hydrogens is 387 g/mol. The van der Waals surface area contributed by atoms with Crippen molar-refractivity contribution < 1.29 is 56.5 Å². The van der Waals surface area contributed by atoms with Crippen molar-refractivity contribution >= 4 is 29.2 Å². The molecule has 1 nitrogen and oxygen atoms in total. The second kappa shape index (κ2) is 10.6. The van der Waals surface area contributed by atoms with Gasteiger partial charge in [-0.3, -0.25) is 0 Å². The zero-order chi connectivity index (χ0) is 19.4. The molecule has 0 aliphatic carbocycles. The molecular formula is C25H23KOS. The molecule has 0 saturated heterocycles. The third-order valence-corrected chi connectivity index (χ3v) is 4.94. The Balaban J connectivity index is 0.00000280. The van der Waals surface area contributed by atoms with Gasteiger partial charge in [0.15, 0.2) is 0 Å². The van der Waals surface area contributed by atoms with Gasteiger partial charge >= 0.3 is 51.4 Å². The average Bonchev–Trinajstić information content (AvgIpc) is 2.68. The molecule has 0 unspecified atom stereocenters. The minimum atomic E-state index is 0. The largest absolute Gasteiger partial charge is 1.00 e. The van der Waals surface area contributed by atoms with Crippen LogP contribution in [0.5, 0.6) is 5.75 Å². The Morgan fingerprint density at radius 3 is 1.93 bits per heavy atom. The molecule has 0 bridgehead atoms. The Bertz CT molecular complexity index is 986. The van der Waals surface area contributed by atoms with Gasteiger partial charge < -0.3 is 5.11 Å². The van der Waals surface area contributed by atoms with Crippen molar-refractivity contribution in [1.29, 1.82) is 0 Å². The van der Waals surface area contributed by atoms with E-state index < -0.39 is 0 Å². The third kappa shape index (κ3) is 5.72. The van der Waals surface area contributed by atoms with E-state index in [1.807, 2.05) is 26.0 Å². The Morgan fingerprint density at radius 1 is 0.893 bits per heavy atom. The van der Waals surface area contributed by atoms with E-state index >= 15 is 0 Å². The minimum Gasteiger partial charge on any atom is -0.872 e. The fourth-order valence-corrected chi connectivity index (χ4v) is 3.19. The molecule has 0 N–H and O–H groups in total. The summed E-state index contributed by atoms with van der Waals surface area (Å²) < 4.78 is 0. The van der Waals surface area contributed by atoms with Crippen molar-refractivity contribution in [3.8, 4) is 16.9 Å². The SMILES string of the molecule is CCc1cc(-c2ccc(/C=C/c3ccc(C)cc3)cc2)cc(C(C)=S)c1[O-].[K+]. The summed E-state index contributed by atoms with van der Waals surface area (Å²) in [6, 6.07) is 20.8. The van der Waals surface area contributed by atoms with Crippen LogP contribution in [0, 0.1) is 6.92 Å². The van der Waals surface area contributed by atoms with Gasteiger partial charge in [-0.1, -0.05) is 103 Å². The number of hydrogen-bond donors (Lipinski definition) is 0. The minimum absolute atomic E-state index is 0. The van der Waals surface area contributed by atoms with Crippen LogP contribution in [0.4, 0.5) is 0 Å². The van der Waals surface area contributed by atoms with E-state index in [0.29, 0.717) is 16.8 Å². The van der Waals surface area contributed by atoms with E-state index in [4.69, 9.17) is 12.2 Å². The topological polar surface area (TPSA) is 23.1 Å². The van der Waals surface area contributed by atoms with E-state index in [-0.39, 0.29) is 57.1 Å². The number of aryl methyl sites for hydroxylation is 2. The van der Waals surface area contributed by atoms with Gasteiger partial charge in [0.05, 0.1) is 0 Å². The first-order valence-electron chi connectivity index (χ1n) is 9.18. The average molecular weight is 411 g/mol. The van der Waals surface area contributed by atoms with Gasteiger partial charge in [0.25, 0.3) is 0 Å². The van der Waals surface area contributed by atoms with Crippen molar-refractivity contribution in [3.05, 3.63) is 88.5 Å². The monoisotopic (exact) mass is 410 g/mol. The molecule has 0 atom stereocenters. The molecule has 0 aliphatic rings. The molecule has 28 heavy (non-hydrogen) atoms. The van der Waals surface area contributed by atoms with Crippen LogP contribution in [-0.2, 0) is 6.42 Å². The molecule has 0 heterocycles. The molecule has 0 aliphatic heterocycles. The predicted molar refractivity (Wildman–Crippen MR) is 118 cm³/mol. The first-order chi connectivity index (χ1) is 13.0. The van der Waals surface area contributed by atoms with Gasteiger partial charge in [-0.25, -0.2) is 0 Å². The number of thiocarbonyl (C=S) groups is 1. The maximum absolute atomic E-state index is 12.4. The van der Waals surface area contributed by atoms with E-state index in [1.54, 1.807) is 0 Å². The Hall–Kier alpha value is -1.07. The second-order valence-electron chi connectivity index (χ2n) is 6.79. The quantitative estimate of drug-likeness (QED) is 0.279. The number of rotatable bonds is 5. The van der Waals surface area contributed by atoms with Crippen molar-refractivity contribution in [3.63, 3.8) is 0 Å². The van der Waals surface area contributed by atoms with Crippen LogP contribution in [0.25, 0.3) is 23.3 Å². The third-order valence-electron chi connectivity index (χ3n) is 4.72. The Morgan fingerprint density at radius 2 is 1.43 bits per heavy atom. The summed E-state index contributed by atoms with van der Waals surface area (Å²) in [6.45, 7) is 5.91. The summed E-state index contributed by atoms with van der Waals surface area (Å²) in [4.78, 5) is 0.647. The van der Waals surface area contributed by atoms with Gasteiger partial charge in [0, 0.05) is 4.86 Å². The van der Waals surface area contributed by atoms with Crippen LogP contribution in [0.1, 0.15) is 41.7 Å². The molecule has 0 fully saturated rings. The summed E-state index contributed by atoms with van der Waals surface area (Å²) in [5, 5.41) is 12.4. The van der Waals surface area contributed by atoms with Crippen LogP contribution in [-0.4, -0.2) is 4.86 Å². The van der Waals surface area contributed by atoms with Crippen molar-refractivity contribution in [2.75, 3.05) is 0 Å². The van der Waals surface area contributed by atoms with Crippen LogP contribution in [0.15, 0.2) is 60.7 Å². The molecule has 3 rings (SSSR count). The molecule has 3 aromatic carbocycles. The van der Waals surface area contributed by atoms with E-state index in [0.717, 1.165) is 22.3 Å². The first-order valence-corrected chi connectivity index (χ1v) is 9.59. The van der Waals surface area contributed by atoms with Crippen LogP contribution >= 0.6 is 12.2 Å². The fraction of sp³-hybridized carbons (Fsp3) is 0.160. The molecule has 0 amide bonds. The van der Waals surface area contributed by atoms with Crippen LogP contribution < -0.4 is 56.5 Å². The summed E-state index contributed by atoms with van der Waals surface area (Å²) >= 11 is 5.27. The molecule has 0 radical (unpaired) electrons. The van der Waals surface area contributed by atoms with Gasteiger partial charge in [-0.05, 0) is 54.2 Å². The molecule has 3 heteroatoms. The molecule has 136 valence electrons. The zero-order valence-electron chi connectivity index (χ0n) is 17.0. The summed E-state index contributed by atoms with van der Waals surface area (Å²) in [5.41, 5.74) is 7.18. The van der Waals surface area contributed by atoms with Gasteiger partial charge in [-0.2, -0.15) is 0 Å². The van der Waals surface area contributed by atoms with E-state index in [2.05, 4.69) is 67.6 Å². The van der Waals surface area contributed by atoms with Crippen molar-refractivity contribution in [2.45, 2.75) is 27.2 Å². The van der Waals surface area contributed by atoms with Gasteiger partial charge in [-0.15, -0.1) is 0 Å². The summed E-state index contributed by atoms with van der Waals surface area (Å²) in [6.07, 6.45) is 4.93. The standard InChI is InChI=1S/C25H24OS.K/c1-4-21-15-23(16-24(18(3)27)25(21)26)22-13-11-20(12-14-22)10-9-19-7-5-17(2)6-8-19;/h5-16,26H,4H2,1-3H3;/q;+1/p-1/b10-9+;. The van der Waals surface area contributed by atoms with Gasteiger partial charge in [0.2, 0.25) is 0 Å². The molecule has 3 aromatic rings. The maximum atomic E-state index is 12.4. The predicted octanol–water partition coefficient (Wildman–Crippen LogP) is 3.21. The summed E-state index contributed by atoms with van der Waals surface area (Å²) in [5.74, 6) is 0.0615. The smallest absolute Gasteiger partial charge is 0.872 e. The summed E-state index contributed by atoms with van der Waals surface area (Å²) in [7, 11) is 0. The number of benzene rings is 3. The molecule has 0 spiro atoms. The van der Waals surface area contributed by atoms with E-state index in [9.17, 15) is 5.11 Å². The number of hydrogen-bond acceptors (Lipinski definition) is 2. The zero-order valence-corrected chi connectivity index (χ0v) is 20.9.